The quantitative estimate of drug-likeness (QED) is 0.884. The molecular weight excluding hydrogens is 244 g/mol. The number of aromatic carboxylic acids is 1. The molecule has 1 fully saturated rings. The molecule has 0 spiro atoms. The van der Waals surface area contributed by atoms with Crippen molar-refractivity contribution in [2.75, 3.05) is 7.11 Å². The number of carbonyl (C=O) groups is 1. The van der Waals surface area contributed by atoms with Gasteiger partial charge in [0.25, 0.3) is 0 Å². The number of aromatic amines is 1. The zero-order chi connectivity index (χ0) is 13.4. The lowest BCUT2D eigenvalue weighted by Gasteiger charge is -2.04. The summed E-state index contributed by atoms with van der Waals surface area (Å²) in [7, 11) is 1.59. The third-order valence-corrected chi connectivity index (χ3v) is 3.28. The second-order valence-electron chi connectivity index (χ2n) is 4.63. The van der Waals surface area contributed by atoms with Gasteiger partial charge in [-0.05, 0) is 25.0 Å². The van der Waals surface area contributed by atoms with Gasteiger partial charge in [-0.2, -0.15) is 0 Å². The Kier molecular flexibility index (Phi) is 2.74. The van der Waals surface area contributed by atoms with Crippen LogP contribution in [-0.4, -0.2) is 28.2 Å². The maximum absolute atomic E-state index is 11.2. The van der Waals surface area contributed by atoms with E-state index in [9.17, 15) is 9.90 Å². The van der Waals surface area contributed by atoms with Crippen molar-refractivity contribution >= 4 is 5.97 Å². The van der Waals surface area contributed by atoms with Crippen molar-refractivity contribution in [3.8, 4) is 17.1 Å². The number of nitrogens with one attached hydrogen (secondary N) is 1. The Balaban J connectivity index is 2.10. The van der Waals surface area contributed by atoms with Crippen molar-refractivity contribution in [2.45, 2.75) is 18.8 Å². The number of H-pyrrole nitrogens is 1. The largest absolute Gasteiger partial charge is 0.496 e. The van der Waals surface area contributed by atoms with E-state index in [4.69, 9.17) is 4.74 Å². The normalized spacial score (nSPS) is 14.4. The molecule has 1 aliphatic carbocycles. The summed E-state index contributed by atoms with van der Waals surface area (Å²) in [5.74, 6) is 0.550. The fourth-order valence-electron chi connectivity index (χ4n) is 2.19. The number of para-hydroxylation sites is 1. The number of hydrogen-bond donors (Lipinski definition) is 2. The van der Waals surface area contributed by atoms with Gasteiger partial charge in [0.2, 0.25) is 0 Å². The van der Waals surface area contributed by atoms with Crippen LogP contribution in [0.25, 0.3) is 11.4 Å². The van der Waals surface area contributed by atoms with Crippen LogP contribution in [0.4, 0.5) is 0 Å². The van der Waals surface area contributed by atoms with E-state index in [2.05, 4.69) is 9.97 Å². The molecular formula is C14H14N2O3. The average molecular weight is 258 g/mol. The van der Waals surface area contributed by atoms with Gasteiger partial charge in [0.1, 0.15) is 11.6 Å². The monoisotopic (exact) mass is 258 g/mol. The standard InChI is InChI=1S/C14H14N2O3/c1-19-10-5-3-2-4-9(10)13-15-11(8-6-7-8)12(16-13)14(17)18/h2-5,8H,6-7H2,1H3,(H,15,16)(H,17,18). The zero-order valence-corrected chi connectivity index (χ0v) is 10.5. The van der Waals surface area contributed by atoms with E-state index in [-0.39, 0.29) is 5.69 Å². The molecule has 0 bridgehead atoms. The number of ether oxygens (including phenoxy) is 1. The summed E-state index contributed by atoms with van der Waals surface area (Å²) in [4.78, 5) is 18.6. The van der Waals surface area contributed by atoms with E-state index in [0.717, 1.165) is 24.1 Å². The van der Waals surface area contributed by atoms with Gasteiger partial charge in [0.15, 0.2) is 5.69 Å². The zero-order valence-electron chi connectivity index (χ0n) is 10.5. The van der Waals surface area contributed by atoms with Crippen molar-refractivity contribution in [1.82, 2.24) is 9.97 Å². The lowest BCUT2D eigenvalue weighted by molar-refractivity contribution is 0.0690. The van der Waals surface area contributed by atoms with E-state index in [0.29, 0.717) is 17.5 Å². The van der Waals surface area contributed by atoms with E-state index in [1.54, 1.807) is 7.11 Å². The Bertz CT molecular complexity index is 629. The van der Waals surface area contributed by atoms with Crippen molar-refractivity contribution in [3.05, 3.63) is 35.7 Å². The highest BCUT2D eigenvalue weighted by molar-refractivity contribution is 5.88. The number of nitrogens with zero attached hydrogens (tertiary/aromatic N) is 1. The van der Waals surface area contributed by atoms with Crippen LogP contribution in [0.2, 0.25) is 0 Å². The highest BCUT2D eigenvalue weighted by atomic mass is 16.5. The molecule has 1 aromatic heterocycles. The SMILES string of the molecule is COc1ccccc1-c1nc(C(=O)O)c(C2CC2)[nH]1. The Labute approximate surface area is 110 Å². The minimum absolute atomic E-state index is 0.128. The summed E-state index contributed by atoms with van der Waals surface area (Å²) in [6.07, 6.45) is 2.04. The molecule has 5 nitrogen and oxygen atoms in total. The van der Waals surface area contributed by atoms with E-state index in [1.165, 1.54) is 0 Å². The lowest BCUT2D eigenvalue weighted by atomic mass is 10.2. The van der Waals surface area contributed by atoms with Crippen LogP contribution in [-0.2, 0) is 0 Å². The summed E-state index contributed by atoms with van der Waals surface area (Å²) >= 11 is 0. The minimum atomic E-state index is -0.987. The van der Waals surface area contributed by atoms with Crippen LogP contribution in [0.3, 0.4) is 0 Å². The number of aromatic nitrogens is 2. The molecule has 98 valence electrons. The van der Waals surface area contributed by atoms with Gasteiger partial charge in [-0.1, -0.05) is 12.1 Å². The average Bonchev–Trinajstić information content (AvgIpc) is 3.17. The Morgan fingerprint density at radius 3 is 2.79 bits per heavy atom. The van der Waals surface area contributed by atoms with Gasteiger partial charge in [-0.3, -0.25) is 0 Å². The van der Waals surface area contributed by atoms with Crippen molar-refractivity contribution in [1.29, 1.82) is 0 Å². The third kappa shape index (κ3) is 2.07. The van der Waals surface area contributed by atoms with Crippen LogP contribution in [0, 0.1) is 0 Å². The van der Waals surface area contributed by atoms with Crippen LogP contribution < -0.4 is 4.74 Å². The smallest absolute Gasteiger partial charge is 0.356 e. The molecule has 19 heavy (non-hydrogen) atoms. The number of methoxy groups -OCH3 is 1. The number of hydrogen-bond acceptors (Lipinski definition) is 3. The Morgan fingerprint density at radius 1 is 1.42 bits per heavy atom. The fraction of sp³-hybridized carbons (Fsp3) is 0.286. The Hall–Kier alpha value is -2.30. The van der Waals surface area contributed by atoms with Crippen LogP contribution in [0.1, 0.15) is 34.9 Å². The molecule has 0 amide bonds. The number of imidazole rings is 1. The highest BCUT2D eigenvalue weighted by Crippen LogP contribution is 2.42. The molecule has 0 unspecified atom stereocenters. The molecule has 0 aliphatic heterocycles. The second kappa shape index (κ2) is 4.42. The van der Waals surface area contributed by atoms with Crippen LogP contribution in [0.5, 0.6) is 5.75 Å². The molecule has 1 saturated carbocycles. The summed E-state index contributed by atoms with van der Waals surface area (Å²) in [6.45, 7) is 0. The molecule has 0 radical (unpaired) electrons. The van der Waals surface area contributed by atoms with E-state index in [1.807, 2.05) is 24.3 Å². The maximum Gasteiger partial charge on any atom is 0.356 e. The van der Waals surface area contributed by atoms with Gasteiger partial charge in [-0.25, -0.2) is 9.78 Å². The first-order valence-electron chi connectivity index (χ1n) is 6.17. The molecule has 1 aliphatic rings. The van der Waals surface area contributed by atoms with Crippen molar-refractivity contribution in [3.63, 3.8) is 0 Å². The van der Waals surface area contributed by atoms with Crippen LogP contribution in [0.15, 0.2) is 24.3 Å². The molecule has 0 saturated heterocycles. The molecule has 5 heteroatoms. The summed E-state index contributed by atoms with van der Waals surface area (Å²) in [6, 6.07) is 7.43. The third-order valence-electron chi connectivity index (χ3n) is 3.28. The number of benzene rings is 1. The molecule has 2 aromatic rings. The van der Waals surface area contributed by atoms with Gasteiger partial charge in [0.05, 0.1) is 18.4 Å². The van der Waals surface area contributed by atoms with Gasteiger partial charge in [0, 0.05) is 5.92 Å². The van der Waals surface area contributed by atoms with E-state index < -0.39 is 5.97 Å². The predicted octanol–water partition coefficient (Wildman–Crippen LogP) is 2.66. The van der Waals surface area contributed by atoms with Gasteiger partial charge < -0.3 is 14.8 Å². The Morgan fingerprint density at radius 2 is 2.16 bits per heavy atom. The summed E-state index contributed by atoms with van der Waals surface area (Å²) < 4.78 is 5.28. The predicted molar refractivity (Wildman–Crippen MR) is 69.5 cm³/mol. The fourth-order valence-corrected chi connectivity index (χ4v) is 2.19. The lowest BCUT2D eigenvalue weighted by Crippen LogP contribution is -2.00. The van der Waals surface area contributed by atoms with Crippen LogP contribution >= 0.6 is 0 Å². The number of carboxylic acids is 1. The van der Waals surface area contributed by atoms with Gasteiger partial charge >= 0.3 is 5.97 Å². The topological polar surface area (TPSA) is 75.2 Å². The first kappa shape index (κ1) is 11.8. The molecule has 0 atom stereocenters. The molecule has 2 N–H and O–H groups in total. The molecule has 3 rings (SSSR count). The minimum Gasteiger partial charge on any atom is -0.496 e. The summed E-state index contributed by atoms with van der Waals surface area (Å²) in [5, 5.41) is 9.22. The van der Waals surface area contributed by atoms with E-state index >= 15 is 0 Å². The van der Waals surface area contributed by atoms with Crippen molar-refractivity contribution in [2.24, 2.45) is 0 Å². The molecule has 1 heterocycles. The first-order chi connectivity index (χ1) is 9.20. The maximum atomic E-state index is 11.2. The number of rotatable bonds is 4. The first-order valence-corrected chi connectivity index (χ1v) is 6.17. The number of carboxylic acid groups (broad SMARTS) is 1. The van der Waals surface area contributed by atoms with Gasteiger partial charge in [-0.15, -0.1) is 0 Å². The molecule has 1 aromatic carbocycles. The second-order valence-corrected chi connectivity index (χ2v) is 4.63. The van der Waals surface area contributed by atoms with Crippen molar-refractivity contribution < 1.29 is 14.6 Å². The highest BCUT2D eigenvalue weighted by Gasteiger charge is 2.32. The summed E-state index contributed by atoms with van der Waals surface area (Å²) in [5.41, 5.74) is 1.64.